The molecule has 0 spiro atoms. The molecule has 2 nitrogen and oxygen atoms in total. The molecule has 1 aliphatic carbocycles. The van der Waals surface area contributed by atoms with Crippen LogP contribution in [0.5, 0.6) is 0 Å². The summed E-state index contributed by atoms with van der Waals surface area (Å²) < 4.78 is 0. The van der Waals surface area contributed by atoms with E-state index >= 15 is 0 Å². The van der Waals surface area contributed by atoms with Crippen LogP contribution >= 0.6 is 12.6 Å². The highest BCUT2D eigenvalue weighted by molar-refractivity contribution is 7.81. The van der Waals surface area contributed by atoms with E-state index in [2.05, 4.69) is 12.6 Å². The molecule has 0 radical (unpaired) electrons. The minimum Gasteiger partial charge on any atom is -0.289 e. The topological polar surface area (TPSA) is 34.1 Å². The third-order valence-electron chi connectivity index (χ3n) is 2.82. The molecule has 0 fully saturated rings. The van der Waals surface area contributed by atoms with Gasteiger partial charge in [-0.15, -0.1) is 0 Å². The number of rotatable bonds is 1. The SMILES string of the molecule is CC1=C(C(C)S)C(=O)c2ccccc2C1=O. The van der Waals surface area contributed by atoms with Crippen molar-refractivity contribution in [1.82, 2.24) is 0 Å². The molecule has 1 atom stereocenters. The van der Waals surface area contributed by atoms with Gasteiger partial charge in [0.15, 0.2) is 11.6 Å². The molecular formula is C13H12O2S. The molecule has 0 amide bonds. The van der Waals surface area contributed by atoms with Gasteiger partial charge in [0.1, 0.15) is 0 Å². The second-order valence-electron chi connectivity index (χ2n) is 3.92. The zero-order valence-electron chi connectivity index (χ0n) is 9.15. The zero-order valence-corrected chi connectivity index (χ0v) is 10.0. The van der Waals surface area contributed by atoms with Crippen molar-refractivity contribution < 1.29 is 9.59 Å². The molecule has 0 aliphatic heterocycles. The molecular weight excluding hydrogens is 220 g/mol. The van der Waals surface area contributed by atoms with Gasteiger partial charge in [-0.3, -0.25) is 9.59 Å². The molecule has 2 rings (SSSR count). The lowest BCUT2D eigenvalue weighted by molar-refractivity contribution is 0.0973. The van der Waals surface area contributed by atoms with E-state index in [4.69, 9.17) is 0 Å². The van der Waals surface area contributed by atoms with Crippen LogP contribution in [0.25, 0.3) is 0 Å². The van der Waals surface area contributed by atoms with Crippen molar-refractivity contribution in [3.8, 4) is 0 Å². The van der Waals surface area contributed by atoms with Crippen LogP contribution in [0, 0.1) is 0 Å². The smallest absolute Gasteiger partial charge is 0.191 e. The van der Waals surface area contributed by atoms with Crippen molar-refractivity contribution in [2.45, 2.75) is 19.1 Å². The summed E-state index contributed by atoms with van der Waals surface area (Å²) in [5.41, 5.74) is 2.04. The summed E-state index contributed by atoms with van der Waals surface area (Å²) >= 11 is 4.26. The lowest BCUT2D eigenvalue weighted by atomic mass is 9.83. The number of carbonyl (C=O) groups is 2. The summed E-state index contributed by atoms with van der Waals surface area (Å²) in [6.07, 6.45) is 0. The number of benzene rings is 1. The molecule has 0 N–H and O–H groups in total. The highest BCUT2D eigenvalue weighted by Crippen LogP contribution is 2.29. The van der Waals surface area contributed by atoms with E-state index < -0.39 is 0 Å². The number of hydrogen-bond donors (Lipinski definition) is 1. The van der Waals surface area contributed by atoms with Crippen LogP contribution in [-0.2, 0) is 0 Å². The number of ketones is 2. The Labute approximate surface area is 99.8 Å². The average Bonchev–Trinajstić information content (AvgIpc) is 2.26. The number of fused-ring (bicyclic) bond motifs is 1. The van der Waals surface area contributed by atoms with Crippen molar-refractivity contribution in [3.05, 3.63) is 46.5 Å². The lowest BCUT2D eigenvalue weighted by Crippen LogP contribution is -2.24. The van der Waals surface area contributed by atoms with Crippen LogP contribution in [0.3, 0.4) is 0 Å². The Morgan fingerprint density at radius 2 is 1.56 bits per heavy atom. The first-order valence-corrected chi connectivity index (χ1v) is 5.63. The minimum absolute atomic E-state index is 0.0638. The number of thiol groups is 1. The largest absolute Gasteiger partial charge is 0.289 e. The monoisotopic (exact) mass is 232 g/mol. The summed E-state index contributed by atoms with van der Waals surface area (Å²) in [7, 11) is 0. The summed E-state index contributed by atoms with van der Waals surface area (Å²) in [4.78, 5) is 24.2. The van der Waals surface area contributed by atoms with Crippen LogP contribution in [0.2, 0.25) is 0 Å². The third kappa shape index (κ3) is 1.52. The van der Waals surface area contributed by atoms with Gasteiger partial charge < -0.3 is 0 Å². The second-order valence-corrected chi connectivity index (χ2v) is 4.69. The number of Topliss-reactive ketones (excluding diaryl/α,β-unsaturated/α-hetero) is 2. The fraction of sp³-hybridized carbons (Fsp3) is 0.231. The van der Waals surface area contributed by atoms with Crippen LogP contribution in [0.1, 0.15) is 34.6 Å². The summed E-state index contributed by atoms with van der Waals surface area (Å²) in [6.45, 7) is 3.50. The molecule has 1 unspecified atom stereocenters. The van der Waals surface area contributed by atoms with E-state index in [1.807, 2.05) is 0 Å². The van der Waals surface area contributed by atoms with Crippen molar-refractivity contribution in [1.29, 1.82) is 0 Å². The maximum atomic E-state index is 12.2. The summed E-state index contributed by atoms with van der Waals surface area (Å²) in [5, 5.41) is -0.218. The predicted octanol–water partition coefficient (Wildman–Crippen LogP) is 2.70. The van der Waals surface area contributed by atoms with Gasteiger partial charge in [0, 0.05) is 27.5 Å². The van der Waals surface area contributed by atoms with Gasteiger partial charge >= 0.3 is 0 Å². The number of allylic oxidation sites excluding steroid dienone is 1. The zero-order chi connectivity index (χ0) is 11.9. The fourth-order valence-corrected chi connectivity index (χ4v) is 2.33. The quantitative estimate of drug-likeness (QED) is 0.755. The molecule has 0 saturated heterocycles. The van der Waals surface area contributed by atoms with Crippen LogP contribution in [0.4, 0.5) is 0 Å². The van der Waals surface area contributed by atoms with E-state index in [1.54, 1.807) is 38.1 Å². The van der Waals surface area contributed by atoms with E-state index in [1.165, 1.54) is 0 Å². The lowest BCUT2D eigenvalue weighted by Gasteiger charge is -2.20. The third-order valence-corrected chi connectivity index (χ3v) is 3.08. The Morgan fingerprint density at radius 3 is 2.06 bits per heavy atom. The van der Waals surface area contributed by atoms with Crippen molar-refractivity contribution in [3.63, 3.8) is 0 Å². The Morgan fingerprint density at radius 1 is 1.06 bits per heavy atom. The Bertz CT molecular complexity index is 512. The highest BCUT2D eigenvalue weighted by Gasteiger charge is 2.30. The van der Waals surface area contributed by atoms with Gasteiger partial charge in [-0.1, -0.05) is 24.3 Å². The van der Waals surface area contributed by atoms with Gasteiger partial charge in [-0.25, -0.2) is 0 Å². The molecule has 16 heavy (non-hydrogen) atoms. The molecule has 0 aromatic heterocycles. The van der Waals surface area contributed by atoms with Crippen LogP contribution < -0.4 is 0 Å². The molecule has 0 heterocycles. The Kier molecular flexibility index (Phi) is 2.72. The van der Waals surface area contributed by atoms with E-state index in [0.29, 0.717) is 22.3 Å². The summed E-state index contributed by atoms with van der Waals surface area (Å²) in [5.74, 6) is -0.138. The number of carbonyl (C=O) groups excluding carboxylic acids is 2. The van der Waals surface area contributed by atoms with Gasteiger partial charge in [-0.2, -0.15) is 12.6 Å². The summed E-state index contributed by atoms with van der Waals surface area (Å²) in [6, 6.07) is 6.93. The maximum absolute atomic E-state index is 12.2. The van der Waals surface area contributed by atoms with Crippen molar-refractivity contribution >= 4 is 24.2 Å². The van der Waals surface area contributed by atoms with Crippen LogP contribution in [0.15, 0.2) is 35.4 Å². The molecule has 0 bridgehead atoms. The number of hydrogen-bond acceptors (Lipinski definition) is 3. The Hall–Kier alpha value is -1.35. The van der Waals surface area contributed by atoms with Gasteiger partial charge in [0.05, 0.1) is 0 Å². The van der Waals surface area contributed by atoms with Crippen molar-refractivity contribution in [2.24, 2.45) is 0 Å². The molecule has 3 heteroatoms. The normalized spacial score (nSPS) is 17.4. The first-order valence-electron chi connectivity index (χ1n) is 5.11. The molecule has 1 aromatic rings. The van der Waals surface area contributed by atoms with Gasteiger partial charge in [-0.05, 0) is 13.8 Å². The molecule has 1 aliphatic rings. The predicted molar refractivity (Wildman–Crippen MR) is 66.3 cm³/mol. The van der Waals surface area contributed by atoms with E-state index in [9.17, 15) is 9.59 Å². The van der Waals surface area contributed by atoms with Gasteiger partial charge in [0.25, 0.3) is 0 Å². The first-order chi connectivity index (χ1) is 7.54. The second kappa shape index (κ2) is 3.91. The minimum atomic E-state index is -0.218. The van der Waals surface area contributed by atoms with E-state index in [0.717, 1.165) is 0 Å². The van der Waals surface area contributed by atoms with Crippen LogP contribution in [-0.4, -0.2) is 16.8 Å². The van der Waals surface area contributed by atoms with E-state index in [-0.39, 0.29) is 16.8 Å². The molecule has 82 valence electrons. The maximum Gasteiger partial charge on any atom is 0.191 e. The molecule has 0 saturated carbocycles. The van der Waals surface area contributed by atoms with Crippen molar-refractivity contribution in [2.75, 3.05) is 0 Å². The highest BCUT2D eigenvalue weighted by atomic mass is 32.1. The first kappa shape index (κ1) is 11.1. The van der Waals surface area contributed by atoms with Gasteiger partial charge in [0.2, 0.25) is 0 Å². The molecule has 1 aromatic carbocycles. The fourth-order valence-electron chi connectivity index (χ4n) is 2.02. The standard InChI is InChI=1S/C13H12O2S/c1-7-11(8(2)16)13(15)10-6-4-3-5-9(10)12(7)14/h3-6,8,16H,1-2H3. The Balaban J connectivity index is 2.68. The average molecular weight is 232 g/mol.